The molecule has 0 bridgehead atoms. The second-order valence-corrected chi connectivity index (χ2v) is 7.88. The normalized spacial score (nSPS) is 24.7. The van der Waals surface area contributed by atoms with Crippen LogP contribution in [0.25, 0.3) is 0 Å². The molecule has 26 heavy (non-hydrogen) atoms. The Labute approximate surface area is 162 Å². The molecule has 0 spiro atoms. The third kappa shape index (κ3) is 3.49. The third-order valence-electron chi connectivity index (χ3n) is 5.78. The Hall–Kier alpha value is -1.91. The van der Waals surface area contributed by atoms with Crippen molar-refractivity contribution in [2.75, 3.05) is 23.1 Å². The van der Waals surface area contributed by atoms with Crippen LogP contribution in [0.15, 0.2) is 60.7 Å². The summed E-state index contributed by atoms with van der Waals surface area (Å²) >= 11 is 5.92. The SMILES string of the molecule is C[C@@H]1CCCC[C@H]1N1CN(c2ccccc2)C(=S)N(c2ccccc2)C1. The van der Waals surface area contributed by atoms with Crippen molar-refractivity contribution in [3.8, 4) is 0 Å². The first kappa shape index (κ1) is 17.5. The van der Waals surface area contributed by atoms with Gasteiger partial charge >= 0.3 is 0 Å². The van der Waals surface area contributed by atoms with E-state index in [1.807, 2.05) is 0 Å². The Bertz CT molecular complexity index is 682. The monoisotopic (exact) mass is 365 g/mol. The zero-order valence-corrected chi connectivity index (χ0v) is 16.2. The van der Waals surface area contributed by atoms with Gasteiger partial charge in [0.05, 0.1) is 13.3 Å². The fraction of sp³-hybridized carbons (Fsp3) is 0.409. The smallest absolute Gasteiger partial charge is 0.182 e. The molecule has 0 unspecified atom stereocenters. The molecule has 1 aliphatic heterocycles. The molecule has 2 aliphatic rings. The first-order chi connectivity index (χ1) is 12.7. The zero-order chi connectivity index (χ0) is 17.9. The molecule has 4 heteroatoms. The van der Waals surface area contributed by atoms with Crippen LogP contribution in [-0.4, -0.2) is 29.4 Å². The average Bonchev–Trinajstić information content (AvgIpc) is 2.70. The minimum Gasteiger partial charge on any atom is -0.305 e. The lowest BCUT2D eigenvalue weighted by atomic mass is 9.85. The van der Waals surface area contributed by atoms with Gasteiger partial charge in [-0.25, -0.2) is 0 Å². The number of anilines is 2. The topological polar surface area (TPSA) is 9.72 Å². The van der Waals surface area contributed by atoms with Crippen LogP contribution >= 0.6 is 12.2 Å². The maximum Gasteiger partial charge on any atom is 0.182 e. The van der Waals surface area contributed by atoms with Crippen molar-refractivity contribution in [3.05, 3.63) is 60.7 Å². The van der Waals surface area contributed by atoms with E-state index in [0.717, 1.165) is 24.4 Å². The highest BCUT2D eigenvalue weighted by Crippen LogP contribution is 2.32. The Morgan fingerprint density at radius 1 is 0.769 bits per heavy atom. The summed E-state index contributed by atoms with van der Waals surface area (Å²) in [5.74, 6) is 0.741. The van der Waals surface area contributed by atoms with Crippen LogP contribution in [0.1, 0.15) is 32.6 Å². The molecule has 1 heterocycles. The fourth-order valence-electron chi connectivity index (χ4n) is 4.32. The highest BCUT2D eigenvalue weighted by molar-refractivity contribution is 7.80. The predicted molar refractivity (Wildman–Crippen MR) is 113 cm³/mol. The fourth-order valence-corrected chi connectivity index (χ4v) is 4.65. The van der Waals surface area contributed by atoms with E-state index in [9.17, 15) is 0 Å². The molecule has 4 rings (SSSR count). The van der Waals surface area contributed by atoms with E-state index in [1.54, 1.807) is 0 Å². The van der Waals surface area contributed by atoms with Crippen LogP contribution in [0.4, 0.5) is 11.4 Å². The van der Waals surface area contributed by atoms with Crippen molar-refractivity contribution in [3.63, 3.8) is 0 Å². The van der Waals surface area contributed by atoms with Gasteiger partial charge in [-0.15, -0.1) is 0 Å². The van der Waals surface area contributed by atoms with E-state index in [-0.39, 0.29) is 0 Å². The molecular weight excluding hydrogens is 338 g/mol. The predicted octanol–water partition coefficient (Wildman–Crippen LogP) is 5.09. The summed E-state index contributed by atoms with van der Waals surface area (Å²) < 4.78 is 0. The van der Waals surface area contributed by atoms with Crippen LogP contribution in [0.2, 0.25) is 0 Å². The van der Waals surface area contributed by atoms with Gasteiger partial charge < -0.3 is 9.80 Å². The molecule has 2 fully saturated rings. The number of thiocarbonyl (C=S) groups is 1. The minimum atomic E-state index is 0.629. The van der Waals surface area contributed by atoms with E-state index < -0.39 is 0 Å². The van der Waals surface area contributed by atoms with Gasteiger partial charge in [0.25, 0.3) is 0 Å². The Balaban J connectivity index is 1.67. The Morgan fingerprint density at radius 3 is 1.77 bits per heavy atom. The van der Waals surface area contributed by atoms with Crippen LogP contribution in [0.3, 0.4) is 0 Å². The standard InChI is InChI=1S/C22H27N3S/c1-18-10-8-9-15-21(18)23-16-24(19-11-4-2-5-12-19)22(26)25(17-23)20-13-6-3-7-14-20/h2-7,11-14,18,21H,8-10,15-17H2,1H3/t18-,21-/m1/s1. The Morgan fingerprint density at radius 2 is 1.27 bits per heavy atom. The molecular formula is C22H27N3S. The summed E-state index contributed by atoms with van der Waals surface area (Å²) in [7, 11) is 0. The maximum atomic E-state index is 5.92. The summed E-state index contributed by atoms with van der Waals surface area (Å²) in [4.78, 5) is 7.19. The second-order valence-electron chi connectivity index (χ2n) is 7.51. The molecule has 1 saturated carbocycles. The van der Waals surface area contributed by atoms with Gasteiger partial charge in [-0.05, 0) is 55.2 Å². The van der Waals surface area contributed by atoms with Gasteiger partial charge in [-0.2, -0.15) is 0 Å². The van der Waals surface area contributed by atoms with Crippen molar-refractivity contribution >= 4 is 28.7 Å². The van der Waals surface area contributed by atoms with Crippen molar-refractivity contribution in [2.45, 2.75) is 38.6 Å². The molecule has 0 radical (unpaired) electrons. The summed E-state index contributed by atoms with van der Waals surface area (Å²) in [6, 6.07) is 21.7. The highest BCUT2D eigenvalue weighted by atomic mass is 32.1. The molecule has 2 atom stereocenters. The molecule has 0 aromatic heterocycles. The lowest BCUT2D eigenvalue weighted by Crippen LogP contribution is -2.62. The molecule has 0 N–H and O–H groups in total. The van der Waals surface area contributed by atoms with E-state index >= 15 is 0 Å². The molecule has 0 amide bonds. The van der Waals surface area contributed by atoms with E-state index in [4.69, 9.17) is 12.2 Å². The molecule has 3 nitrogen and oxygen atoms in total. The number of rotatable bonds is 3. The van der Waals surface area contributed by atoms with Gasteiger partial charge in [0.2, 0.25) is 0 Å². The Kier molecular flexibility index (Phi) is 5.23. The number of para-hydroxylation sites is 2. The van der Waals surface area contributed by atoms with Crippen molar-refractivity contribution in [1.82, 2.24) is 4.90 Å². The zero-order valence-electron chi connectivity index (χ0n) is 15.4. The van der Waals surface area contributed by atoms with E-state index in [0.29, 0.717) is 6.04 Å². The van der Waals surface area contributed by atoms with Crippen molar-refractivity contribution in [2.24, 2.45) is 5.92 Å². The highest BCUT2D eigenvalue weighted by Gasteiger charge is 2.35. The summed E-state index contributed by atoms with van der Waals surface area (Å²) in [6.45, 7) is 4.17. The number of hydrogen-bond donors (Lipinski definition) is 0. The molecule has 2 aromatic carbocycles. The van der Waals surface area contributed by atoms with Crippen LogP contribution < -0.4 is 9.80 Å². The maximum absolute atomic E-state index is 5.92. The van der Waals surface area contributed by atoms with E-state index in [2.05, 4.69) is 82.3 Å². The number of benzene rings is 2. The van der Waals surface area contributed by atoms with Crippen LogP contribution in [0, 0.1) is 5.92 Å². The van der Waals surface area contributed by atoms with Crippen LogP contribution in [-0.2, 0) is 0 Å². The quantitative estimate of drug-likeness (QED) is 0.700. The van der Waals surface area contributed by atoms with E-state index in [1.165, 1.54) is 37.1 Å². The molecule has 1 aliphatic carbocycles. The van der Waals surface area contributed by atoms with Crippen molar-refractivity contribution < 1.29 is 0 Å². The molecule has 2 aromatic rings. The van der Waals surface area contributed by atoms with Gasteiger partial charge in [0, 0.05) is 17.4 Å². The lowest BCUT2D eigenvalue weighted by molar-refractivity contribution is 0.113. The van der Waals surface area contributed by atoms with Crippen LogP contribution in [0.5, 0.6) is 0 Å². The van der Waals surface area contributed by atoms with Crippen molar-refractivity contribution in [1.29, 1.82) is 0 Å². The number of hydrogen-bond acceptors (Lipinski definition) is 2. The molecule has 136 valence electrons. The van der Waals surface area contributed by atoms with Gasteiger partial charge in [0.15, 0.2) is 5.11 Å². The third-order valence-corrected chi connectivity index (χ3v) is 6.22. The van der Waals surface area contributed by atoms with Gasteiger partial charge in [-0.1, -0.05) is 56.2 Å². The first-order valence-electron chi connectivity index (χ1n) is 9.67. The summed E-state index contributed by atoms with van der Waals surface area (Å²) in [5.41, 5.74) is 2.35. The second kappa shape index (κ2) is 7.77. The average molecular weight is 366 g/mol. The van der Waals surface area contributed by atoms with Gasteiger partial charge in [0.1, 0.15) is 0 Å². The lowest BCUT2D eigenvalue weighted by Gasteiger charge is -2.49. The largest absolute Gasteiger partial charge is 0.305 e. The summed E-state index contributed by atoms with van der Waals surface area (Å²) in [6.07, 6.45) is 5.34. The first-order valence-corrected chi connectivity index (χ1v) is 10.1. The molecule has 1 saturated heterocycles. The minimum absolute atomic E-state index is 0.629. The summed E-state index contributed by atoms with van der Waals surface area (Å²) in [5, 5.41) is 0.891. The van der Waals surface area contributed by atoms with Gasteiger partial charge in [-0.3, -0.25) is 4.90 Å². The number of nitrogens with zero attached hydrogens (tertiary/aromatic N) is 3.